The van der Waals surface area contributed by atoms with Crippen LogP contribution in [-0.4, -0.2) is 49.1 Å². The van der Waals surface area contributed by atoms with Gasteiger partial charge in [0.05, 0.1) is 0 Å². The van der Waals surface area contributed by atoms with Crippen molar-refractivity contribution >= 4 is 29.0 Å². The number of nitrogens with one attached hydrogen (secondary N) is 2. The lowest BCUT2D eigenvalue weighted by molar-refractivity contribution is 0.0901. The molecule has 148 valence electrons. The quantitative estimate of drug-likeness (QED) is 0.814. The second-order valence-corrected chi connectivity index (χ2v) is 8.54. The second-order valence-electron chi connectivity index (χ2n) is 7.51. The second kappa shape index (κ2) is 8.32. The smallest absolute Gasteiger partial charge is 0.322 e. The van der Waals surface area contributed by atoms with E-state index in [-0.39, 0.29) is 18.0 Å². The molecule has 0 bridgehead atoms. The summed E-state index contributed by atoms with van der Waals surface area (Å²) in [6.07, 6.45) is 2.09. The van der Waals surface area contributed by atoms with Gasteiger partial charge in [0.2, 0.25) is 0 Å². The molecular formula is C21H26N4O2S. The lowest BCUT2D eigenvalue weighted by atomic mass is 10.0. The zero-order valence-electron chi connectivity index (χ0n) is 16.1. The number of likely N-dealkylation sites (tertiary alicyclic amines) is 1. The molecule has 1 atom stereocenters. The van der Waals surface area contributed by atoms with E-state index in [0.29, 0.717) is 18.7 Å². The van der Waals surface area contributed by atoms with Crippen LogP contribution in [0.4, 0.5) is 10.5 Å². The molecule has 1 aromatic carbocycles. The molecular weight excluding hydrogens is 372 g/mol. The van der Waals surface area contributed by atoms with Gasteiger partial charge in [-0.25, -0.2) is 4.79 Å². The predicted molar refractivity (Wildman–Crippen MR) is 112 cm³/mol. The molecule has 6 nitrogen and oxygen atoms in total. The summed E-state index contributed by atoms with van der Waals surface area (Å²) in [5.41, 5.74) is 2.41. The minimum atomic E-state index is -0.0999. The average molecular weight is 399 g/mol. The molecule has 2 N–H and O–H groups in total. The maximum absolute atomic E-state index is 12.8. The van der Waals surface area contributed by atoms with Crippen LogP contribution in [0.25, 0.3) is 0 Å². The van der Waals surface area contributed by atoms with Crippen LogP contribution in [0.1, 0.15) is 33.6 Å². The number of hydrogen-bond acceptors (Lipinski definition) is 4. The third kappa shape index (κ3) is 4.20. The van der Waals surface area contributed by atoms with E-state index in [2.05, 4.69) is 33.0 Å². The van der Waals surface area contributed by atoms with Gasteiger partial charge in [0.15, 0.2) is 0 Å². The number of thiophene rings is 1. The number of carbonyl (C=O) groups excluding carboxylic acids is 2. The number of benzene rings is 1. The van der Waals surface area contributed by atoms with Crippen molar-refractivity contribution in [3.05, 3.63) is 51.7 Å². The molecule has 4 rings (SSSR count). The Hall–Kier alpha value is -2.38. The van der Waals surface area contributed by atoms with Gasteiger partial charge in [0.25, 0.3) is 5.91 Å². The number of urea groups is 1. The maximum Gasteiger partial charge on any atom is 0.322 e. The van der Waals surface area contributed by atoms with Gasteiger partial charge in [-0.1, -0.05) is 12.1 Å². The summed E-state index contributed by atoms with van der Waals surface area (Å²) in [7, 11) is 0. The molecule has 0 saturated carbocycles. The van der Waals surface area contributed by atoms with Crippen LogP contribution in [0.15, 0.2) is 35.7 Å². The highest BCUT2D eigenvalue weighted by atomic mass is 32.1. The van der Waals surface area contributed by atoms with E-state index in [9.17, 15) is 9.59 Å². The van der Waals surface area contributed by atoms with E-state index in [4.69, 9.17) is 0 Å². The van der Waals surface area contributed by atoms with Crippen molar-refractivity contribution in [2.75, 3.05) is 31.1 Å². The topological polar surface area (TPSA) is 64.7 Å². The minimum absolute atomic E-state index is 0.0659. The molecule has 0 aliphatic carbocycles. The summed E-state index contributed by atoms with van der Waals surface area (Å²) in [4.78, 5) is 30.3. The first-order chi connectivity index (χ1) is 13.6. The van der Waals surface area contributed by atoms with Crippen LogP contribution < -0.4 is 15.5 Å². The molecule has 2 saturated heterocycles. The Bertz CT molecular complexity index is 852. The Kier molecular flexibility index (Phi) is 5.64. The molecule has 28 heavy (non-hydrogen) atoms. The van der Waals surface area contributed by atoms with Gasteiger partial charge >= 0.3 is 6.03 Å². The van der Waals surface area contributed by atoms with E-state index in [0.717, 1.165) is 43.7 Å². The predicted octanol–water partition coefficient (Wildman–Crippen LogP) is 2.98. The summed E-state index contributed by atoms with van der Waals surface area (Å²) in [5.74, 6) is -0.0659. The van der Waals surface area contributed by atoms with Crippen molar-refractivity contribution < 1.29 is 9.59 Å². The molecule has 2 fully saturated rings. The average Bonchev–Trinajstić information content (AvgIpc) is 3.34. The van der Waals surface area contributed by atoms with Crippen molar-refractivity contribution in [2.45, 2.75) is 32.4 Å². The summed E-state index contributed by atoms with van der Waals surface area (Å²) < 4.78 is 0. The standard InChI is InChI=1S/C21H26N4O2S/c1-15-6-7-16(12-19(15)25-10-8-22-21(25)27)20(26)23-17-4-2-9-24(13-17)14-18-5-3-11-28-18/h3,5-7,11-12,17H,2,4,8-10,13-14H2,1H3,(H,22,27)(H,23,26)/t17-/m1/s1. The lowest BCUT2D eigenvalue weighted by Crippen LogP contribution is -2.47. The summed E-state index contributed by atoms with van der Waals surface area (Å²) >= 11 is 1.78. The van der Waals surface area contributed by atoms with E-state index < -0.39 is 0 Å². The number of anilines is 1. The first-order valence-electron chi connectivity index (χ1n) is 9.82. The third-order valence-electron chi connectivity index (χ3n) is 5.42. The molecule has 3 heterocycles. The van der Waals surface area contributed by atoms with Gasteiger partial charge in [-0.15, -0.1) is 11.3 Å². The molecule has 0 radical (unpaired) electrons. The first kappa shape index (κ1) is 19.0. The Morgan fingerprint density at radius 2 is 2.21 bits per heavy atom. The van der Waals surface area contributed by atoms with Crippen molar-refractivity contribution in [1.82, 2.24) is 15.5 Å². The summed E-state index contributed by atoms with van der Waals surface area (Å²) in [6, 6.07) is 9.89. The molecule has 0 unspecified atom stereocenters. The Balaban J connectivity index is 1.41. The normalized spacial score (nSPS) is 20.2. The summed E-state index contributed by atoms with van der Waals surface area (Å²) in [6.45, 7) is 6.12. The Labute approximate surface area is 169 Å². The molecule has 0 spiro atoms. The molecule has 2 aliphatic rings. The SMILES string of the molecule is Cc1ccc(C(=O)N[C@@H]2CCCN(Cc3cccs3)C2)cc1N1CCNC1=O. The zero-order chi connectivity index (χ0) is 19.5. The van der Waals surface area contributed by atoms with Gasteiger partial charge in [0, 0.05) is 48.3 Å². The van der Waals surface area contributed by atoms with E-state index in [1.54, 1.807) is 16.2 Å². The molecule has 2 aromatic rings. The van der Waals surface area contributed by atoms with Gasteiger partial charge in [-0.3, -0.25) is 14.6 Å². The fraction of sp³-hybridized carbons (Fsp3) is 0.429. The monoisotopic (exact) mass is 398 g/mol. The molecule has 1 aromatic heterocycles. The van der Waals surface area contributed by atoms with Gasteiger partial charge in [-0.2, -0.15) is 0 Å². The van der Waals surface area contributed by atoms with Crippen LogP contribution in [0, 0.1) is 6.92 Å². The van der Waals surface area contributed by atoms with Gasteiger partial charge < -0.3 is 10.6 Å². The van der Waals surface area contributed by atoms with Crippen LogP contribution in [-0.2, 0) is 6.54 Å². The van der Waals surface area contributed by atoms with E-state index >= 15 is 0 Å². The van der Waals surface area contributed by atoms with E-state index in [1.165, 1.54) is 4.88 Å². The Morgan fingerprint density at radius 1 is 1.32 bits per heavy atom. The van der Waals surface area contributed by atoms with Crippen LogP contribution in [0.3, 0.4) is 0 Å². The molecule has 7 heteroatoms. The summed E-state index contributed by atoms with van der Waals surface area (Å²) in [5, 5.41) is 8.12. The van der Waals surface area contributed by atoms with Gasteiger partial charge in [0.1, 0.15) is 0 Å². The van der Waals surface area contributed by atoms with Gasteiger partial charge in [-0.05, 0) is 55.5 Å². The van der Waals surface area contributed by atoms with Crippen molar-refractivity contribution in [3.63, 3.8) is 0 Å². The number of amides is 3. The minimum Gasteiger partial charge on any atom is -0.348 e. The maximum atomic E-state index is 12.8. The highest BCUT2D eigenvalue weighted by Gasteiger charge is 2.25. The van der Waals surface area contributed by atoms with Crippen LogP contribution in [0.2, 0.25) is 0 Å². The Morgan fingerprint density at radius 3 is 2.96 bits per heavy atom. The number of hydrogen-bond donors (Lipinski definition) is 2. The van der Waals surface area contributed by atoms with Crippen molar-refractivity contribution in [2.24, 2.45) is 0 Å². The fourth-order valence-electron chi connectivity index (χ4n) is 3.95. The number of piperidine rings is 1. The highest BCUT2D eigenvalue weighted by molar-refractivity contribution is 7.09. The zero-order valence-corrected chi connectivity index (χ0v) is 16.9. The van der Waals surface area contributed by atoms with Crippen LogP contribution in [0.5, 0.6) is 0 Å². The lowest BCUT2D eigenvalue weighted by Gasteiger charge is -2.33. The largest absolute Gasteiger partial charge is 0.348 e. The first-order valence-corrected chi connectivity index (χ1v) is 10.7. The highest BCUT2D eigenvalue weighted by Crippen LogP contribution is 2.24. The number of nitrogens with zero attached hydrogens (tertiary/aromatic N) is 2. The molecule has 2 aliphatic heterocycles. The number of carbonyl (C=O) groups is 2. The fourth-order valence-corrected chi connectivity index (χ4v) is 4.70. The number of rotatable bonds is 5. The van der Waals surface area contributed by atoms with Crippen molar-refractivity contribution in [3.8, 4) is 0 Å². The third-order valence-corrected chi connectivity index (χ3v) is 6.28. The van der Waals surface area contributed by atoms with E-state index in [1.807, 2.05) is 25.1 Å². The van der Waals surface area contributed by atoms with Crippen LogP contribution >= 0.6 is 11.3 Å². The molecule has 3 amide bonds. The number of aryl methyl sites for hydroxylation is 1. The van der Waals surface area contributed by atoms with Crippen molar-refractivity contribution in [1.29, 1.82) is 0 Å².